The Bertz CT molecular complexity index is 200. The van der Waals surface area contributed by atoms with Crippen molar-refractivity contribution in [1.82, 2.24) is 4.90 Å². The van der Waals surface area contributed by atoms with E-state index in [4.69, 9.17) is 0 Å². The summed E-state index contributed by atoms with van der Waals surface area (Å²) in [6.45, 7) is 2.21. The Labute approximate surface area is 80.3 Å². The Kier molecular flexibility index (Phi) is 2.56. The molecule has 2 heterocycles. The second kappa shape index (κ2) is 3.69. The lowest BCUT2D eigenvalue weighted by Gasteiger charge is -2.37. The number of carbonyl (C=O) groups excluding carboxylic acids is 1. The zero-order valence-electron chi connectivity index (χ0n) is 8.46. The van der Waals surface area contributed by atoms with E-state index in [2.05, 4.69) is 11.8 Å². The first-order chi connectivity index (χ1) is 6.33. The Morgan fingerprint density at radius 3 is 3.00 bits per heavy atom. The first-order valence-corrected chi connectivity index (χ1v) is 5.64. The maximum atomic E-state index is 11.6. The topological polar surface area (TPSA) is 20.3 Å². The van der Waals surface area contributed by atoms with Gasteiger partial charge in [0, 0.05) is 18.5 Å². The minimum absolute atomic E-state index is 0.420. The molecule has 2 aliphatic heterocycles. The fraction of sp³-hybridized carbons (Fsp3) is 0.909. The lowest BCUT2D eigenvalue weighted by Crippen LogP contribution is -2.44. The van der Waals surface area contributed by atoms with Crippen molar-refractivity contribution < 1.29 is 4.79 Å². The number of nitrogens with zero attached hydrogens (tertiary/aromatic N) is 1. The van der Waals surface area contributed by atoms with Crippen molar-refractivity contribution in [2.24, 2.45) is 0 Å². The van der Waals surface area contributed by atoms with Crippen LogP contribution in [0.1, 0.15) is 51.9 Å². The molecule has 74 valence electrons. The molecule has 0 aliphatic carbocycles. The Balaban J connectivity index is 2.05. The molecule has 2 nitrogen and oxygen atoms in total. The van der Waals surface area contributed by atoms with E-state index in [1.165, 1.54) is 32.1 Å². The van der Waals surface area contributed by atoms with E-state index in [-0.39, 0.29) is 0 Å². The minimum Gasteiger partial charge on any atom is -0.337 e. The number of hydrogen-bond acceptors (Lipinski definition) is 1. The average molecular weight is 181 g/mol. The van der Waals surface area contributed by atoms with E-state index in [0.29, 0.717) is 18.0 Å². The zero-order valence-corrected chi connectivity index (χ0v) is 8.46. The van der Waals surface area contributed by atoms with Gasteiger partial charge >= 0.3 is 0 Å². The van der Waals surface area contributed by atoms with Crippen LogP contribution >= 0.6 is 0 Å². The molecule has 0 radical (unpaired) electrons. The largest absolute Gasteiger partial charge is 0.337 e. The van der Waals surface area contributed by atoms with Gasteiger partial charge in [-0.3, -0.25) is 4.79 Å². The van der Waals surface area contributed by atoms with Crippen LogP contribution in [0.4, 0.5) is 0 Å². The molecule has 1 amide bonds. The highest BCUT2D eigenvalue weighted by molar-refractivity contribution is 5.79. The number of hydrogen-bond donors (Lipinski definition) is 0. The molecule has 0 aromatic carbocycles. The number of carbonyl (C=O) groups is 1. The summed E-state index contributed by atoms with van der Waals surface area (Å²) < 4.78 is 0. The molecule has 2 rings (SSSR count). The molecule has 0 saturated carbocycles. The number of fused-ring (bicyclic) bond motifs is 1. The van der Waals surface area contributed by atoms with Crippen molar-refractivity contribution in [3.8, 4) is 0 Å². The van der Waals surface area contributed by atoms with Gasteiger partial charge in [-0.15, -0.1) is 0 Å². The van der Waals surface area contributed by atoms with Gasteiger partial charge in [0.25, 0.3) is 0 Å². The molecule has 0 aromatic rings. The van der Waals surface area contributed by atoms with E-state index >= 15 is 0 Å². The third kappa shape index (κ3) is 1.59. The summed E-state index contributed by atoms with van der Waals surface area (Å²) in [6, 6.07) is 1.19. The van der Waals surface area contributed by atoms with Gasteiger partial charge in [-0.2, -0.15) is 0 Å². The van der Waals surface area contributed by atoms with Gasteiger partial charge in [-0.05, 0) is 32.1 Å². The van der Waals surface area contributed by atoms with Crippen molar-refractivity contribution in [1.29, 1.82) is 0 Å². The fourth-order valence-corrected chi connectivity index (χ4v) is 2.89. The molecule has 0 unspecified atom stereocenters. The van der Waals surface area contributed by atoms with E-state index < -0.39 is 0 Å². The van der Waals surface area contributed by atoms with Gasteiger partial charge in [0.15, 0.2) is 0 Å². The first kappa shape index (κ1) is 9.04. The smallest absolute Gasteiger partial charge is 0.223 e. The normalized spacial score (nSPS) is 33.6. The molecule has 0 N–H and O–H groups in total. The second-order valence-electron chi connectivity index (χ2n) is 4.37. The highest BCUT2D eigenvalue weighted by Crippen LogP contribution is 2.33. The molecule has 2 atom stereocenters. The first-order valence-electron chi connectivity index (χ1n) is 5.64. The quantitative estimate of drug-likeness (QED) is 0.640. The van der Waals surface area contributed by atoms with Gasteiger partial charge in [-0.1, -0.05) is 13.3 Å². The van der Waals surface area contributed by atoms with E-state index in [9.17, 15) is 4.79 Å². The standard InChI is InChI=1S/C11H19NO/c1-2-4-9-5-3-6-10-7-8-11(13)12(9)10/h9-10H,2-8H2,1H3/t9-,10+/m0/s1. The van der Waals surface area contributed by atoms with Crippen LogP contribution in [0.25, 0.3) is 0 Å². The molecule has 2 saturated heterocycles. The third-order valence-corrected chi connectivity index (χ3v) is 3.46. The van der Waals surface area contributed by atoms with Crippen molar-refractivity contribution in [3.63, 3.8) is 0 Å². The van der Waals surface area contributed by atoms with Crippen LogP contribution in [0, 0.1) is 0 Å². The Morgan fingerprint density at radius 2 is 2.23 bits per heavy atom. The van der Waals surface area contributed by atoms with Crippen LogP contribution in [0.2, 0.25) is 0 Å². The monoisotopic (exact) mass is 181 g/mol. The van der Waals surface area contributed by atoms with Gasteiger partial charge in [0.2, 0.25) is 5.91 Å². The predicted molar refractivity (Wildman–Crippen MR) is 52.4 cm³/mol. The van der Waals surface area contributed by atoms with Crippen LogP contribution in [0.5, 0.6) is 0 Å². The van der Waals surface area contributed by atoms with Crippen LogP contribution in [0.15, 0.2) is 0 Å². The van der Waals surface area contributed by atoms with E-state index in [1.807, 2.05) is 0 Å². The highest BCUT2D eigenvalue weighted by atomic mass is 16.2. The molecule has 0 aromatic heterocycles. The van der Waals surface area contributed by atoms with Crippen molar-refractivity contribution >= 4 is 5.91 Å². The Morgan fingerprint density at radius 1 is 1.38 bits per heavy atom. The summed E-state index contributed by atoms with van der Waals surface area (Å²) >= 11 is 0. The van der Waals surface area contributed by atoms with Gasteiger partial charge in [-0.25, -0.2) is 0 Å². The average Bonchev–Trinajstić information content (AvgIpc) is 2.50. The molecule has 2 fully saturated rings. The maximum Gasteiger partial charge on any atom is 0.223 e. The van der Waals surface area contributed by atoms with Crippen LogP contribution in [0.3, 0.4) is 0 Å². The molecule has 2 aliphatic rings. The van der Waals surface area contributed by atoms with Crippen LogP contribution < -0.4 is 0 Å². The van der Waals surface area contributed by atoms with Crippen LogP contribution in [-0.2, 0) is 4.79 Å². The van der Waals surface area contributed by atoms with Gasteiger partial charge in [0.05, 0.1) is 0 Å². The number of rotatable bonds is 2. The zero-order chi connectivity index (χ0) is 9.26. The summed E-state index contributed by atoms with van der Waals surface area (Å²) in [4.78, 5) is 13.8. The molecule has 0 bridgehead atoms. The molecular formula is C11H19NO. The lowest BCUT2D eigenvalue weighted by atomic mass is 9.94. The molecule has 2 heteroatoms. The maximum absolute atomic E-state index is 11.6. The fourth-order valence-electron chi connectivity index (χ4n) is 2.89. The lowest BCUT2D eigenvalue weighted by molar-refractivity contribution is -0.132. The minimum atomic E-state index is 0.420. The number of amides is 1. The SMILES string of the molecule is CCC[C@H]1CCC[C@@H]2CCC(=O)N21. The second-order valence-corrected chi connectivity index (χ2v) is 4.37. The van der Waals surface area contributed by atoms with E-state index in [1.54, 1.807) is 0 Å². The summed E-state index contributed by atoms with van der Waals surface area (Å²) in [5.74, 6) is 0.420. The van der Waals surface area contributed by atoms with Crippen molar-refractivity contribution in [2.75, 3.05) is 0 Å². The summed E-state index contributed by atoms with van der Waals surface area (Å²) in [6.07, 6.45) is 8.19. The van der Waals surface area contributed by atoms with Gasteiger partial charge < -0.3 is 4.90 Å². The highest BCUT2D eigenvalue weighted by Gasteiger charge is 2.37. The molecule has 13 heavy (non-hydrogen) atoms. The van der Waals surface area contributed by atoms with E-state index in [0.717, 1.165) is 12.8 Å². The summed E-state index contributed by atoms with van der Waals surface area (Å²) in [7, 11) is 0. The van der Waals surface area contributed by atoms with Crippen LogP contribution in [-0.4, -0.2) is 22.9 Å². The predicted octanol–water partition coefficient (Wildman–Crippen LogP) is 2.33. The third-order valence-electron chi connectivity index (χ3n) is 3.46. The van der Waals surface area contributed by atoms with Crippen molar-refractivity contribution in [2.45, 2.75) is 64.0 Å². The van der Waals surface area contributed by atoms with Crippen molar-refractivity contribution in [3.05, 3.63) is 0 Å². The molecule has 0 spiro atoms. The summed E-state index contributed by atoms with van der Waals surface area (Å²) in [5, 5.41) is 0. The number of piperidine rings is 1. The van der Waals surface area contributed by atoms with Gasteiger partial charge in [0.1, 0.15) is 0 Å². The summed E-state index contributed by atoms with van der Waals surface area (Å²) in [5.41, 5.74) is 0. The molecular weight excluding hydrogens is 162 g/mol. The Hall–Kier alpha value is -0.530.